The number of carbonyl (C=O) groups excluding carboxylic acids is 2. The van der Waals surface area contributed by atoms with Gasteiger partial charge >= 0.3 is 11.9 Å². The predicted molar refractivity (Wildman–Crippen MR) is 148 cm³/mol. The van der Waals surface area contributed by atoms with Gasteiger partial charge in [0.05, 0.1) is 20.3 Å². The van der Waals surface area contributed by atoms with Gasteiger partial charge in [0.1, 0.15) is 15.4 Å². The quantitative estimate of drug-likeness (QED) is 0.206. The van der Waals surface area contributed by atoms with Crippen LogP contribution in [0.15, 0.2) is 95.7 Å². The Labute approximate surface area is 215 Å². The summed E-state index contributed by atoms with van der Waals surface area (Å²) in [5.41, 5.74) is 0.847. The Bertz CT molecular complexity index is 1300. The molecule has 4 rings (SSSR count). The zero-order chi connectivity index (χ0) is 25.5. The number of thiophene rings is 1. The predicted octanol–water partition coefficient (Wildman–Crippen LogP) is 6.22. The normalized spacial score (nSPS) is 11.1. The van der Waals surface area contributed by atoms with Gasteiger partial charge in [-0.3, -0.25) is 0 Å². The van der Waals surface area contributed by atoms with Crippen molar-refractivity contribution in [2.75, 3.05) is 13.2 Å². The lowest BCUT2D eigenvalue weighted by Gasteiger charge is -2.26. The van der Waals surface area contributed by atoms with Gasteiger partial charge in [0, 0.05) is 15.9 Å². The number of nitrogens with zero attached hydrogens (tertiary/aromatic N) is 1. The van der Waals surface area contributed by atoms with Crippen molar-refractivity contribution in [3.05, 3.63) is 107 Å². The van der Waals surface area contributed by atoms with Crippen LogP contribution in [-0.2, 0) is 9.47 Å². The van der Waals surface area contributed by atoms with E-state index in [1.54, 1.807) is 20.8 Å². The van der Waals surface area contributed by atoms with Crippen molar-refractivity contribution in [2.24, 2.45) is 4.74 Å². The molecule has 184 valence electrons. The van der Waals surface area contributed by atoms with Gasteiger partial charge in [0.2, 0.25) is 0 Å². The van der Waals surface area contributed by atoms with Gasteiger partial charge in [0.25, 0.3) is 0 Å². The molecule has 5 nitrogen and oxygen atoms in total. The molecular formula is C29H28NO4PS. The fraction of sp³-hybridized carbons (Fsp3) is 0.172. The Kier molecular flexibility index (Phi) is 8.19. The van der Waals surface area contributed by atoms with E-state index in [0.29, 0.717) is 21.0 Å². The minimum Gasteiger partial charge on any atom is -0.462 e. The van der Waals surface area contributed by atoms with Crippen molar-refractivity contribution in [1.29, 1.82) is 0 Å². The molecule has 0 aliphatic rings. The monoisotopic (exact) mass is 517 g/mol. The maximum absolute atomic E-state index is 13.2. The highest BCUT2D eigenvalue weighted by atomic mass is 32.1. The summed E-state index contributed by atoms with van der Waals surface area (Å²) in [5, 5.41) is 3.60. The first-order valence-corrected chi connectivity index (χ1v) is 14.4. The standard InChI is InChI=1S/C29H28NO4PS/c1-4-33-28(31)25-21(3)26(29(32)34-5-2)36-27(25)30-35(22-15-9-6-10-16-22,23-17-11-7-12-18-23)24-19-13-8-14-20-24/h6-20H,4-5H2,1-3H3. The smallest absolute Gasteiger partial charge is 0.348 e. The number of ether oxygens (including phenoxy) is 2. The van der Waals surface area contributed by atoms with Crippen molar-refractivity contribution < 1.29 is 19.1 Å². The summed E-state index contributed by atoms with van der Waals surface area (Å²) < 4.78 is 16.1. The molecule has 0 bridgehead atoms. The van der Waals surface area contributed by atoms with Crippen LogP contribution in [0.1, 0.15) is 39.4 Å². The van der Waals surface area contributed by atoms with Gasteiger partial charge in [-0.2, -0.15) is 0 Å². The maximum atomic E-state index is 13.2. The zero-order valence-corrected chi connectivity index (χ0v) is 22.2. The molecule has 0 N–H and O–H groups in total. The summed E-state index contributed by atoms with van der Waals surface area (Å²) in [6.07, 6.45) is 0. The lowest BCUT2D eigenvalue weighted by atomic mass is 10.1. The zero-order valence-electron chi connectivity index (χ0n) is 20.5. The first-order chi connectivity index (χ1) is 17.5. The molecule has 0 saturated heterocycles. The number of carbonyl (C=O) groups is 2. The lowest BCUT2D eigenvalue weighted by Crippen LogP contribution is -2.25. The van der Waals surface area contributed by atoms with Crippen molar-refractivity contribution >= 4 is 51.2 Å². The van der Waals surface area contributed by atoms with Gasteiger partial charge in [0.15, 0.2) is 0 Å². The van der Waals surface area contributed by atoms with E-state index in [-0.39, 0.29) is 13.2 Å². The highest BCUT2D eigenvalue weighted by Crippen LogP contribution is 2.52. The first kappa shape index (κ1) is 25.6. The summed E-state index contributed by atoms with van der Waals surface area (Å²) in [7, 11) is -2.64. The lowest BCUT2D eigenvalue weighted by molar-refractivity contribution is 0.0527. The second-order valence-corrected chi connectivity index (χ2v) is 11.9. The molecule has 0 radical (unpaired) electrons. The highest BCUT2D eigenvalue weighted by molar-refractivity contribution is 7.87. The molecular weight excluding hydrogens is 489 g/mol. The van der Waals surface area contributed by atoms with Crippen molar-refractivity contribution in [1.82, 2.24) is 0 Å². The van der Waals surface area contributed by atoms with Crippen molar-refractivity contribution in [3.63, 3.8) is 0 Å². The topological polar surface area (TPSA) is 65.0 Å². The van der Waals surface area contributed by atoms with Gasteiger partial charge in [-0.15, -0.1) is 11.3 Å². The molecule has 3 aromatic carbocycles. The Hall–Kier alpha value is -3.47. The molecule has 1 aromatic heterocycles. The molecule has 0 unspecified atom stereocenters. The van der Waals surface area contributed by atoms with E-state index in [9.17, 15) is 9.59 Å². The molecule has 0 amide bonds. The second kappa shape index (κ2) is 11.5. The van der Waals surface area contributed by atoms with Crippen molar-refractivity contribution in [3.8, 4) is 0 Å². The van der Waals surface area contributed by atoms with Gasteiger partial charge < -0.3 is 9.47 Å². The van der Waals surface area contributed by atoms with Crippen LogP contribution in [0.25, 0.3) is 0 Å². The fourth-order valence-electron chi connectivity index (χ4n) is 4.09. The fourth-order valence-corrected chi connectivity index (χ4v) is 8.98. The molecule has 1 heterocycles. The third-order valence-electron chi connectivity index (χ3n) is 5.70. The summed E-state index contributed by atoms with van der Waals surface area (Å²) >= 11 is 1.18. The molecule has 4 aromatic rings. The van der Waals surface area contributed by atoms with Gasteiger partial charge in [-0.25, -0.2) is 14.3 Å². The van der Waals surface area contributed by atoms with E-state index < -0.39 is 19.0 Å². The minimum atomic E-state index is -2.64. The molecule has 7 heteroatoms. The molecule has 36 heavy (non-hydrogen) atoms. The molecule has 0 fully saturated rings. The van der Waals surface area contributed by atoms with Crippen LogP contribution >= 0.6 is 18.4 Å². The Morgan fingerprint density at radius 1 is 0.722 bits per heavy atom. The van der Waals surface area contributed by atoms with Crippen LogP contribution in [0.3, 0.4) is 0 Å². The Morgan fingerprint density at radius 2 is 1.14 bits per heavy atom. The second-order valence-electron chi connectivity index (χ2n) is 7.92. The molecule has 0 spiro atoms. The number of esters is 2. The van der Waals surface area contributed by atoms with E-state index in [1.165, 1.54) is 11.3 Å². The summed E-state index contributed by atoms with van der Waals surface area (Å²) in [6, 6.07) is 30.4. The molecule has 0 saturated carbocycles. The average Bonchev–Trinajstić information content (AvgIpc) is 3.24. The minimum absolute atomic E-state index is 0.221. The summed E-state index contributed by atoms with van der Waals surface area (Å²) in [4.78, 5) is 26.3. The van der Waals surface area contributed by atoms with E-state index in [1.807, 2.05) is 54.6 Å². The first-order valence-electron chi connectivity index (χ1n) is 11.8. The maximum Gasteiger partial charge on any atom is 0.348 e. The van der Waals surface area contributed by atoms with Crippen molar-refractivity contribution in [2.45, 2.75) is 20.8 Å². The largest absolute Gasteiger partial charge is 0.462 e. The Balaban J connectivity index is 2.14. The molecule has 0 aliphatic carbocycles. The molecule has 0 aliphatic heterocycles. The number of rotatable bonds is 8. The SMILES string of the molecule is CCOC(=O)c1sc(N=P(c2ccccc2)(c2ccccc2)c2ccccc2)c(C(=O)OCC)c1C. The Morgan fingerprint density at radius 3 is 1.56 bits per heavy atom. The van der Waals surface area contributed by atoms with E-state index >= 15 is 0 Å². The number of benzene rings is 3. The van der Waals surface area contributed by atoms with Crippen LogP contribution in [0.2, 0.25) is 0 Å². The van der Waals surface area contributed by atoms with E-state index in [0.717, 1.165) is 15.9 Å². The molecule has 0 atom stereocenters. The van der Waals surface area contributed by atoms with Crippen LogP contribution in [0.4, 0.5) is 5.00 Å². The third kappa shape index (κ3) is 4.92. The summed E-state index contributed by atoms with van der Waals surface area (Å²) in [6.45, 7) is 5.74. The van der Waals surface area contributed by atoms with Crippen LogP contribution in [-0.4, -0.2) is 25.2 Å². The van der Waals surface area contributed by atoms with E-state index in [4.69, 9.17) is 14.2 Å². The number of hydrogen-bond donors (Lipinski definition) is 0. The van der Waals surface area contributed by atoms with Crippen LogP contribution < -0.4 is 15.9 Å². The van der Waals surface area contributed by atoms with Gasteiger partial charge in [-0.05, 0) is 26.3 Å². The highest BCUT2D eigenvalue weighted by Gasteiger charge is 2.32. The number of hydrogen-bond acceptors (Lipinski definition) is 6. The van der Waals surface area contributed by atoms with E-state index in [2.05, 4.69) is 36.4 Å². The third-order valence-corrected chi connectivity index (χ3v) is 10.6. The van der Waals surface area contributed by atoms with Crippen LogP contribution in [0, 0.1) is 6.92 Å². The average molecular weight is 518 g/mol. The summed E-state index contributed by atoms with van der Waals surface area (Å²) in [5.74, 6) is -0.956. The van der Waals surface area contributed by atoms with Crippen LogP contribution in [0.5, 0.6) is 0 Å². The van der Waals surface area contributed by atoms with Gasteiger partial charge in [-0.1, -0.05) is 91.0 Å².